The van der Waals surface area contributed by atoms with Crippen LogP contribution in [0.15, 0.2) is 42.6 Å². The summed E-state index contributed by atoms with van der Waals surface area (Å²) in [6.07, 6.45) is -2.92. The Kier molecular flexibility index (Phi) is 4.89. The third-order valence-electron chi connectivity index (χ3n) is 3.77. The first-order chi connectivity index (χ1) is 11.9. The van der Waals surface area contributed by atoms with E-state index in [0.29, 0.717) is 31.5 Å². The average Bonchev–Trinajstić information content (AvgIpc) is 2.53. The highest BCUT2D eigenvalue weighted by Crippen LogP contribution is 2.30. The third kappa shape index (κ3) is 4.27. The van der Waals surface area contributed by atoms with E-state index in [1.165, 1.54) is 12.1 Å². The van der Waals surface area contributed by atoms with Crippen LogP contribution in [0.2, 0.25) is 0 Å². The number of nitrogens with zero attached hydrogens (tertiary/aromatic N) is 1. The van der Waals surface area contributed by atoms with Crippen molar-refractivity contribution in [2.75, 3.05) is 30.4 Å². The van der Waals surface area contributed by atoms with E-state index in [9.17, 15) is 18.0 Å². The van der Waals surface area contributed by atoms with Gasteiger partial charge in [0.25, 0.3) is 5.91 Å². The SMILES string of the molecule is O=C(Nc1cccc(C(F)(F)F)c1)c1cccnc1NCC1COC1. The Morgan fingerprint density at radius 1 is 1.24 bits per heavy atom. The van der Waals surface area contributed by atoms with Crippen LogP contribution >= 0.6 is 0 Å². The number of nitrogens with one attached hydrogen (secondary N) is 2. The van der Waals surface area contributed by atoms with Gasteiger partial charge in [0, 0.05) is 24.3 Å². The Bertz CT molecular complexity index is 761. The summed E-state index contributed by atoms with van der Waals surface area (Å²) in [4.78, 5) is 16.6. The summed E-state index contributed by atoms with van der Waals surface area (Å²) in [5.74, 6) is 0.222. The van der Waals surface area contributed by atoms with Gasteiger partial charge in [0.1, 0.15) is 5.82 Å². The molecule has 0 saturated carbocycles. The molecule has 2 aromatic rings. The molecule has 3 rings (SSSR count). The number of anilines is 2. The molecule has 2 heterocycles. The number of alkyl halides is 3. The van der Waals surface area contributed by atoms with E-state index in [1.807, 2.05) is 0 Å². The Labute approximate surface area is 142 Å². The molecular weight excluding hydrogens is 335 g/mol. The van der Waals surface area contributed by atoms with Gasteiger partial charge in [0.05, 0.1) is 24.3 Å². The van der Waals surface area contributed by atoms with Gasteiger partial charge < -0.3 is 15.4 Å². The minimum absolute atomic E-state index is 0.0713. The number of aromatic nitrogens is 1. The van der Waals surface area contributed by atoms with Crippen molar-refractivity contribution in [1.29, 1.82) is 0 Å². The number of ether oxygens (including phenoxy) is 1. The lowest BCUT2D eigenvalue weighted by Crippen LogP contribution is -2.34. The van der Waals surface area contributed by atoms with Gasteiger partial charge in [-0.3, -0.25) is 4.79 Å². The smallest absolute Gasteiger partial charge is 0.381 e. The van der Waals surface area contributed by atoms with Gasteiger partial charge >= 0.3 is 6.18 Å². The molecule has 5 nitrogen and oxygen atoms in total. The number of hydrogen-bond donors (Lipinski definition) is 2. The first-order valence-electron chi connectivity index (χ1n) is 7.69. The predicted octanol–water partition coefficient (Wildman–Crippen LogP) is 3.41. The normalized spacial score (nSPS) is 14.7. The maximum absolute atomic E-state index is 12.8. The Morgan fingerprint density at radius 3 is 2.72 bits per heavy atom. The molecule has 0 atom stereocenters. The van der Waals surface area contributed by atoms with Gasteiger partial charge in [-0.05, 0) is 30.3 Å². The van der Waals surface area contributed by atoms with Crippen LogP contribution in [-0.4, -0.2) is 30.6 Å². The number of carbonyl (C=O) groups excluding carboxylic acids is 1. The maximum Gasteiger partial charge on any atom is 0.416 e. The lowest BCUT2D eigenvalue weighted by molar-refractivity contribution is -0.137. The molecule has 8 heteroatoms. The Hall–Kier alpha value is -2.61. The monoisotopic (exact) mass is 351 g/mol. The minimum Gasteiger partial charge on any atom is -0.381 e. The van der Waals surface area contributed by atoms with E-state index in [4.69, 9.17) is 4.74 Å². The largest absolute Gasteiger partial charge is 0.416 e. The van der Waals surface area contributed by atoms with E-state index in [-0.39, 0.29) is 11.3 Å². The number of hydrogen-bond acceptors (Lipinski definition) is 4. The first-order valence-corrected chi connectivity index (χ1v) is 7.69. The highest BCUT2D eigenvalue weighted by molar-refractivity contribution is 6.07. The predicted molar refractivity (Wildman–Crippen MR) is 86.4 cm³/mol. The summed E-state index contributed by atoms with van der Waals surface area (Å²) >= 11 is 0. The van der Waals surface area contributed by atoms with Gasteiger partial charge in [-0.1, -0.05) is 6.07 Å². The topological polar surface area (TPSA) is 63.2 Å². The van der Waals surface area contributed by atoms with Crippen molar-refractivity contribution in [3.8, 4) is 0 Å². The standard InChI is InChI=1S/C17H16F3N3O2/c18-17(19,20)12-3-1-4-13(7-12)23-16(24)14-5-2-6-21-15(14)22-8-11-9-25-10-11/h1-7,11H,8-10H2,(H,21,22)(H,23,24). The lowest BCUT2D eigenvalue weighted by atomic mass is 10.1. The zero-order valence-corrected chi connectivity index (χ0v) is 13.1. The molecule has 1 aliphatic rings. The van der Waals surface area contributed by atoms with Crippen LogP contribution in [0.1, 0.15) is 15.9 Å². The summed E-state index contributed by atoms with van der Waals surface area (Å²) in [5, 5.41) is 5.57. The quantitative estimate of drug-likeness (QED) is 0.867. The second-order valence-corrected chi connectivity index (χ2v) is 5.72. The summed E-state index contributed by atoms with van der Waals surface area (Å²) in [7, 11) is 0. The Morgan fingerprint density at radius 2 is 2.04 bits per heavy atom. The van der Waals surface area contributed by atoms with Crippen LogP contribution in [0.4, 0.5) is 24.7 Å². The van der Waals surface area contributed by atoms with E-state index in [1.54, 1.807) is 18.3 Å². The van der Waals surface area contributed by atoms with E-state index < -0.39 is 17.6 Å². The molecule has 1 fully saturated rings. The van der Waals surface area contributed by atoms with Crippen LogP contribution in [0, 0.1) is 5.92 Å². The zero-order chi connectivity index (χ0) is 17.9. The van der Waals surface area contributed by atoms with Gasteiger partial charge in [-0.2, -0.15) is 13.2 Å². The molecule has 132 valence electrons. The zero-order valence-electron chi connectivity index (χ0n) is 13.1. The number of benzene rings is 1. The number of amides is 1. The van der Waals surface area contributed by atoms with Crippen molar-refractivity contribution >= 4 is 17.4 Å². The highest BCUT2D eigenvalue weighted by Gasteiger charge is 2.30. The molecule has 1 aromatic heterocycles. The van der Waals surface area contributed by atoms with Crippen molar-refractivity contribution in [1.82, 2.24) is 4.98 Å². The third-order valence-corrected chi connectivity index (χ3v) is 3.77. The summed E-state index contributed by atoms with van der Waals surface area (Å²) in [6.45, 7) is 1.93. The molecule has 2 N–H and O–H groups in total. The average molecular weight is 351 g/mol. The molecule has 1 aliphatic heterocycles. The molecule has 25 heavy (non-hydrogen) atoms. The number of pyridine rings is 1. The lowest BCUT2D eigenvalue weighted by Gasteiger charge is -2.26. The molecule has 1 aromatic carbocycles. The van der Waals surface area contributed by atoms with E-state index >= 15 is 0 Å². The van der Waals surface area contributed by atoms with Crippen LogP contribution in [0.5, 0.6) is 0 Å². The van der Waals surface area contributed by atoms with Gasteiger partial charge in [-0.15, -0.1) is 0 Å². The number of rotatable bonds is 5. The number of halogens is 3. The van der Waals surface area contributed by atoms with Crippen molar-refractivity contribution < 1.29 is 22.7 Å². The second kappa shape index (κ2) is 7.10. The molecule has 1 amide bonds. The molecule has 0 aliphatic carbocycles. The van der Waals surface area contributed by atoms with Gasteiger partial charge in [0.2, 0.25) is 0 Å². The van der Waals surface area contributed by atoms with E-state index in [2.05, 4.69) is 15.6 Å². The fourth-order valence-electron chi connectivity index (χ4n) is 2.34. The van der Waals surface area contributed by atoms with Crippen LogP contribution in [0.25, 0.3) is 0 Å². The van der Waals surface area contributed by atoms with Gasteiger partial charge in [-0.25, -0.2) is 4.98 Å². The van der Waals surface area contributed by atoms with Crippen LogP contribution in [-0.2, 0) is 10.9 Å². The highest BCUT2D eigenvalue weighted by atomic mass is 19.4. The van der Waals surface area contributed by atoms with Gasteiger partial charge in [0.15, 0.2) is 0 Å². The fourth-order valence-corrected chi connectivity index (χ4v) is 2.34. The molecule has 0 spiro atoms. The van der Waals surface area contributed by atoms with Crippen molar-refractivity contribution in [2.45, 2.75) is 6.18 Å². The summed E-state index contributed by atoms with van der Waals surface area (Å²) in [6, 6.07) is 7.66. The van der Waals surface area contributed by atoms with Crippen molar-refractivity contribution in [2.24, 2.45) is 5.92 Å². The second-order valence-electron chi connectivity index (χ2n) is 5.72. The van der Waals surface area contributed by atoms with Crippen LogP contribution < -0.4 is 10.6 Å². The Balaban J connectivity index is 1.73. The molecular formula is C17H16F3N3O2. The number of carbonyl (C=O) groups is 1. The van der Waals surface area contributed by atoms with Crippen molar-refractivity contribution in [3.63, 3.8) is 0 Å². The summed E-state index contributed by atoms with van der Waals surface area (Å²) < 4.78 is 43.4. The fraction of sp³-hybridized carbons (Fsp3) is 0.294. The molecule has 0 radical (unpaired) electrons. The molecule has 0 unspecified atom stereocenters. The van der Waals surface area contributed by atoms with Crippen LogP contribution in [0.3, 0.4) is 0 Å². The van der Waals surface area contributed by atoms with Crippen molar-refractivity contribution in [3.05, 3.63) is 53.7 Å². The molecule has 0 bridgehead atoms. The maximum atomic E-state index is 12.8. The molecule has 1 saturated heterocycles. The van der Waals surface area contributed by atoms with E-state index in [0.717, 1.165) is 12.1 Å². The summed E-state index contributed by atoms with van der Waals surface area (Å²) in [5.41, 5.74) is -0.484. The minimum atomic E-state index is -4.47. The first kappa shape index (κ1) is 17.2.